The van der Waals surface area contributed by atoms with Crippen molar-refractivity contribution in [3.63, 3.8) is 0 Å². The number of esters is 1. The summed E-state index contributed by atoms with van der Waals surface area (Å²) >= 11 is 0. The van der Waals surface area contributed by atoms with Gasteiger partial charge in [0.2, 0.25) is 0 Å². The lowest BCUT2D eigenvalue weighted by Gasteiger charge is -2.16. The molecule has 0 amide bonds. The maximum atomic E-state index is 11.3. The first kappa shape index (κ1) is 12.2. The predicted octanol–water partition coefficient (Wildman–Crippen LogP) is 2.79. The zero-order chi connectivity index (χ0) is 10.4. The minimum atomic E-state index is -0.114. The van der Waals surface area contributed by atoms with E-state index in [9.17, 15) is 4.79 Å². The van der Waals surface area contributed by atoms with Crippen molar-refractivity contribution in [3.05, 3.63) is 12.2 Å². The molecule has 2 heteroatoms. The SMILES string of the molecule is C=C(C)CC(CC(C)C)C(=O)OC. The highest BCUT2D eigenvalue weighted by Crippen LogP contribution is 2.20. The van der Waals surface area contributed by atoms with Gasteiger partial charge in [-0.2, -0.15) is 0 Å². The van der Waals surface area contributed by atoms with E-state index in [1.807, 2.05) is 6.92 Å². The van der Waals surface area contributed by atoms with Crippen LogP contribution in [0.4, 0.5) is 0 Å². The molecule has 0 N–H and O–H groups in total. The lowest BCUT2D eigenvalue weighted by atomic mass is 9.92. The molecule has 0 heterocycles. The maximum absolute atomic E-state index is 11.3. The Labute approximate surface area is 81.0 Å². The Morgan fingerprint density at radius 1 is 1.46 bits per heavy atom. The van der Waals surface area contributed by atoms with Crippen LogP contribution in [-0.2, 0) is 9.53 Å². The molecule has 0 saturated heterocycles. The first-order valence-corrected chi connectivity index (χ1v) is 4.69. The summed E-state index contributed by atoms with van der Waals surface area (Å²) < 4.78 is 4.73. The molecule has 0 spiro atoms. The summed E-state index contributed by atoms with van der Waals surface area (Å²) in [6, 6.07) is 0. The number of rotatable bonds is 5. The van der Waals surface area contributed by atoms with Crippen LogP contribution in [0.3, 0.4) is 0 Å². The number of hydrogen-bond acceptors (Lipinski definition) is 2. The fourth-order valence-corrected chi connectivity index (χ4v) is 1.42. The summed E-state index contributed by atoms with van der Waals surface area (Å²) in [5, 5.41) is 0. The molecule has 0 aromatic carbocycles. The molecule has 0 aromatic heterocycles. The largest absolute Gasteiger partial charge is 0.469 e. The van der Waals surface area contributed by atoms with Gasteiger partial charge in [0.05, 0.1) is 13.0 Å². The van der Waals surface area contributed by atoms with Crippen molar-refractivity contribution < 1.29 is 9.53 Å². The van der Waals surface area contributed by atoms with Crippen molar-refractivity contribution >= 4 is 5.97 Å². The number of carbonyl (C=O) groups excluding carboxylic acids is 1. The topological polar surface area (TPSA) is 26.3 Å². The summed E-state index contributed by atoms with van der Waals surface area (Å²) in [4.78, 5) is 11.3. The molecule has 76 valence electrons. The Morgan fingerprint density at radius 3 is 2.31 bits per heavy atom. The first-order chi connectivity index (χ1) is 5.97. The van der Waals surface area contributed by atoms with Crippen LogP contribution in [0.2, 0.25) is 0 Å². The summed E-state index contributed by atoms with van der Waals surface area (Å²) in [7, 11) is 1.44. The molecule has 0 aromatic rings. The Morgan fingerprint density at radius 2 is 2.00 bits per heavy atom. The van der Waals surface area contributed by atoms with Crippen LogP contribution < -0.4 is 0 Å². The summed E-state index contributed by atoms with van der Waals surface area (Å²) in [6.07, 6.45) is 1.62. The third-order valence-electron chi connectivity index (χ3n) is 1.89. The van der Waals surface area contributed by atoms with E-state index in [1.54, 1.807) is 0 Å². The predicted molar refractivity (Wildman–Crippen MR) is 54.4 cm³/mol. The Balaban J connectivity index is 4.18. The van der Waals surface area contributed by atoms with Crippen molar-refractivity contribution in [1.29, 1.82) is 0 Å². The van der Waals surface area contributed by atoms with Crippen LogP contribution in [0.1, 0.15) is 33.6 Å². The number of carbonyl (C=O) groups is 1. The van der Waals surface area contributed by atoms with Crippen LogP contribution in [0.25, 0.3) is 0 Å². The van der Waals surface area contributed by atoms with Gasteiger partial charge in [-0.3, -0.25) is 4.79 Å². The summed E-state index contributed by atoms with van der Waals surface area (Å²) in [5.41, 5.74) is 1.04. The Bertz CT molecular complexity index is 183. The molecule has 0 aliphatic rings. The van der Waals surface area contributed by atoms with Gasteiger partial charge in [0.25, 0.3) is 0 Å². The molecule has 0 rings (SSSR count). The van der Waals surface area contributed by atoms with Crippen LogP contribution in [0.15, 0.2) is 12.2 Å². The zero-order valence-corrected chi connectivity index (χ0v) is 9.09. The smallest absolute Gasteiger partial charge is 0.308 e. The number of methoxy groups -OCH3 is 1. The molecule has 1 unspecified atom stereocenters. The van der Waals surface area contributed by atoms with E-state index in [0.29, 0.717) is 5.92 Å². The normalized spacial score (nSPS) is 12.7. The zero-order valence-electron chi connectivity index (χ0n) is 9.09. The van der Waals surface area contributed by atoms with Crippen molar-refractivity contribution in [1.82, 2.24) is 0 Å². The van der Waals surface area contributed by atoms with E-state index in [4.69, 9.17) is 4.74 Å². The standard InChI is InChI=1S/C11H20O2/c1-8(2)6-10(7-9(3)4)11(12)13-5/h9-10H,1,6-7H2,2-5H3. The maximum Gasteiger partial charge on any atom is 0.308 e. The van der Waals surface area contributed by atoms with Gasteiger partial charge in [-0.25, -0.2) is 0 Å². The van der Waals surface area contributed by atoms with Crippen molar-refractivity contribution in [2.75, 3.05) is 7.11 Å². The molecule has 0 aliphatic heterocycles. The van der Waals surface area contributed by atoms with Crippen LogP contribution in [0.5, 0.6) is 0 Å². The fourth-order valence-electron chi connectivity index (χ4n) is 1.42. The van der Waals surface area contributed by atoms with Crippen LogP contribution in [0, 0.1) is 11.8 Å². The average Bonchev–Trinajstić information content (AvgIpc) is 2.00. The van der Waals surface area contributed by atoms with Gasteiger partial charge in [0, 0.05) is 0 Å². The van der Waals surface area contributed by atoms with E-state index in [0.717, 1.165) is 18.4 Å². The second kappa shape index (κ2) is 5.79. The molecular weight excluding hydrogens is 164 g/mol. The molecule has 2 nitrogen and oxygen atoms in total. The average molecular weight is 184 g/mol. The minimum absolute atomic E-state index is 0.0116. The third-order valence-corrected chi connectivity index (χ3v) is 1.89. The molecule has 13 heavy (non-hydrogen) atoms. The fraction of sp³-hybridized carbons (Fsp3) is 0.727. The minimum Gasteiger partial charge on any atom is -0.469 e. The molecule has 0 fully saturated rings. The van der Waals surface area contributed by atoms with Gasteiger partial charge in [0.15, 0.2) is 0 Å². The van der Waals surface area contributed by atoms with E-state index in [2.05, 4.69) is 20.4 Å². The third kappa shape index (κ3) is 5.45. The lowest BCUT2D eigenvalue weighted by Crippen LogP contribution is -2.18. The van der Waals surface area contributed by atoms with Gasteiger partial charge >= 0.3 is 5.97 Å². The van der Waals surface area contributed by atoms with Gasteiger partial charge in [-0.05, 0) is 25.7 Å². The lowest BCUT2D eigenvalue weighted by molar-refractivity contribution is -0.146. The molecule has 0 bridgehead atoms. The second-order valence-corrected chi connectivity index (χ2v) is 4.01. The highest BCUT2D eigenvalue weighted by molar-refractivity contribution is 5.72. The molecule has 1 atom stereocenters. The Hall–Kier alpha value is -0.790. The van der Waals surface area contributed by atoms with Crippen LogP contribution in [-0.4, -0.2) is 13.1 Å². The van der Waals surface area contributed by atoms with Gasteiger partial charge in [-0.15, -0.1) is 6.58 Å². The highest BCUT2D eigenvalue weighted by atomic mass is 16.5. The first-order valence-electron chi connectivity index (χ1n) is 4.69. The molecule has 0 saturated carbocycles. The molecule has 0 aliphatic carbocycles. The van der Waals surface area contributed by atoms with E-state index < -0.39 is 0 Å². The van der Waals surface area contributed by atoms with Gasteiger partial charge < -0.3 is 4.74 Å². The van der Waals surface area contributed by atoms with E-state index >= 15 is 0 Å². The van der Waals surface area contributed by atoms with Crippen LogP contribution >= 0.6 is 0 Å². The van der Waals surface area contributed by atoms with Crippen molar-refractivity contribution in [3.8, 4) is 0 Å². The summed E-state index contributed by atoms with van der Waals surface area (Å²) in [5.74, 6) is 0.391. The van der Waals surface area contributed by atoms with Crippen molar-refractivity contribution in [2.45, 2.75) is 33.6 Å². The molecule has 0 radical (unpaired) electrons. The second-order valence-electron chi connectivity index (χ2n) is 4.01. The van der Waals surface area contributed by atoms with Gasteiger partial charge in [0.1, 0.15) is 0 Å². The highest BCUT2D eigenvalue weighted by Gasteiger charge is 2.19. The monoisotopic (exact) mass is 184 g/mol. The Kier molecular flexibility index (Phi) is 5.44. The van der Waals surface area contributed by atoms with E-state index in [1.165, 1.54) is 7.11 Å². The van der Waals surface area contributed by atoms with E-state index in [-0.39, 0.29) is 11.9 Å². The van der Waals surface area contributed by atoms with Gasteiger partial charge in [-0.1, -0.05) is 19.4 Å². The summed E-state index contributed by atoms with van der Waals surface area (Å²) in [6.45, 7) is 9.96. The van der Waals surface area contributed by atoms with Crippen molar-refractivity contribution in [2.24, 2.45) is 11.8 Å². The molecular formula is C11H20O2. The number of allylic oxidation sites excluding steroid dienone is 1. The number of hydrogen-bond donors (Lipinski definition) is 0. The number of ether oxygens (including phenoxy) is 1. The quantitative estimate of drug-likeness (QED) is 0.485.